The van der Waals surface area contributed by atoms with Gasteiger partial charge >= 0.3 is 0 Å². The van der Waals surface area contributed by atoms with Crippen molar-refractivity contribution in [3.8, 4) is 0 Å². The second-order valence-electron chi connectivity index (χ2n) is 7.02. The molecule has 2 aromatic carbocycles. The van der Waals surface area contributed by atoms with Gasteiger partial charge in [0, 0.05) is 23.9 Å². The van der Waals surface area contributed by atoms with Crippen molar-refractivity contribution in [2.24, 2.45) is 0 Å². The highest BCUT2D eigenvalue weighted by Gasteiger charge is 2.10. The smallest absolute Gasteiger partial charge is 0.277 e. The van der Waals surface area contributed by atoms with Crippen molar-refractivity contribution in [2.75, 3.05) is 5.32 Å². The standard InChI is InChI=1S/C23H20N6O3/c30-21(11-13-29-23(32)19-9-1-2-10-20(19)27-28-29)26-17-8-5-6-16(14-17)22(31)25-15-18-7-3-4-12-24-18/h1-10,12,14H,11,13,15H2,(H,25,31)(H,26,30). The van der Waals surface area contributed by atoms with Crippen molar-refractivity contribution < 1.29 is 9.59 Å². The van der Waals surface area contributed by atoms with E-state index in [0.717, 1.165) is 5.69 Å². The van der Waals surface area contributed by atoms with E-state index in [9.17, 15) is 14.4 Å². The average Bonchev–Trinajstić information content (AvgIpc) is 2.83. The molecule has 2 heterocycles. The van der Waals surface area contributed by atoms with Gasteiger partial charge in [-0.15, -0.1) is 5.10 Å². The summed E-state index contributed by atoms with van der Waals surface area (Å²) in [5, 5.41) is 13.9. The zero-order valence-electron chi connectivity index (χ0n) is 17.1. The number of carbonyl (C=O) groups excluding carboxylic acids is 2. The van der Waals surface area contributed by atoms with Crippen LogP contribution in [0.2, 0.25) is 0 Å². The van der Waals surface area contributed by atoms with Crippen LogP contribution >= 0.6 is 0 Å². The summed E-state index contributed by atoms with van der Waals surface area (Å²) in [6, 6.07) is 19.0. The second kappa shape index (κ2) is 9.61. The summed E-state index contributed by atoms with van der Waals surface area (Å²) in [5.41, 5.74) is 1.86. The summed E-state index contributed by atoms with van der Waals surface area (Å²) in [6.45, 7) is 0.393. The van der Waals surface area contributed by atoms with Gasteiger partial charge in [-0.2, -0.15) is 0 Å². The molecule has 0 saturated carbocycles. The first-order valence-electron chi connectivity index (χ1n) is 10.0. The minimum absolute atomic E-state index is 0.0308. The van der Waals surface area contributed by atoms with Gasteiger partial charge in [0.2, 0.25) is 5.91 Å². The maximum absolute atomic E-state index is 12.5. The fraction of sp³-hybridized carbons (Fsp3) is 0.130. The first kappa shape index (κ1) is 20.9. The van der Waals surface area contributed by atoms with E-state index in [2.05, 4.69) is 25.9 Å². The molecule has 0 aliphatic heterocycles. The van der Waals surface area contributed by atoms with Crippen molar-refractivity contribution in [3.05, 3.63) is 94.5 Å². The SMILES string of the molecule is O=C(CCn1nnc2ccccc2c1=O)Nc1cccc(C(=O)NCc2ccccn2)c1. The first-order chi connectivity index (χ1) is 15.6. The molecule has 0 radical (unpaired) electrons. The second-order valence-corrected chi connectivity index (χ2v) is 7.02. The maximum atomic E-state index is 12.5. The van der Waals surface area contributed by atoms with Gasteiger partial charge in [-0.1, -0.05) is 29.5 Å². The lowest BCUT2D eigenvalue weighted by Gasteiger charge is -2.09. The Labute approximate surface area is 183 Å². The number of aryl methyl sites for hydroxylation is 1. The summed E-state index contributed by atoms with van der Waals surface area (Å²) in [4.78, 5) is 41.4. The molecule has 0 saturated heterocycles. The fourth-order valence-corrected chi connectivity index (χ4v) is 3.11. The van der Waals surface area contributed by atoms with Gasteiger partial charge in [0.15, 0.2) is 0 Å². The molecule has 0 aliphatic rings. The third-order valence-electron chi connectivity index (χ3n) is 4.74. The molecule has 4 aromatic rings. The van der Waals surface area contributed by atoms with E-state index in [1.165, 1.54) is 4.68 Å². The van der Waals surface area contributed by atoms with Crippen molar-refractivity contribution in [1.82, 2.24) is 25.3 Å². The quantitative estimate of drug-likeness (QED) is 0.466. The summed E-state index contributed by atoms with van der Waals surface area (Å²) in [6.07, 6.45) is 1.69. The van der Waals surface area contributed by atoms with E-state index >= 15 is 0 Å². The number of pyridine rings is 1. The molecule has 9 heteroatoms. The number of carbonyl (C=O) groups is 2. The van der Waals surface area contributed by atoms with Crippen molar-refractivity contribution in [3.63, 3.8) is 0 Å². The van der Waals surface area contributed by atoms with Crippen molar-refractivity contribution >= 4 is 28.4 Å². The number of nitrogens with zero attached hydrogens (tertiary/aromatic N) is 4. The Balaban J connectivity index is 1.35. The van der Waals surface area contributed by atoms with Crippen molar-refractivity contribution in [2.45, 2.75) is 19.5 Å². The predicted octanol–water partition coefficient (Wildman–Crippen LogP) is 2.15. The van der Waals surface area contributed by atoms with E-state index in [4.69, 9.17) is 0 Å². The van der Waals surface area contributed by atoms with Crippen LogP contribution in [-0.2, 0) is 17.9 Å². The van der Waals surface area contributed by atoms with E-state index in [0.29, 0.717) is 28.7 Å². The van der Waals surface area contributed by atoms with Gasteiger partial charge in [-0.25, -0.2) is 4.68 Å². The predicted molar refractivity (Wildman–Crippen MR) is 119 cm³/mol. The molecule has 0 bridgehead atoms. The van der Waals surface area contributed by atoms with E-state index in [1.54, 1.807) is 60.8 Å². The zero-order chi connectivity index (χ0) is 22.3. The Bertz CT molecular complexity index is 1320. The van der Waals surface area contributed by atoms with Gasteiger partial charge in [0.05, 0.1) is 24.2 Å². The Morgan fingerprint density at radius 3 is 2.66 bits per heavy atom. The molecular formula is C23H20N6O3. The molecule has 9 nitrogen and oxygen atoms in total. The Morgan fingerprint density at radius 2 is 1.81 bits per heavy atom. The monoisotopic (exact) mass is 428 g/mol. The van der Waals surface area contributed by atoms with Gasteiger partial charge < -0.3 is 10.6 Å². The van der Waals surface area contributed by atoms with Crippen LogP contribution in [0.1, 0.15) is 22.5 Å². The lowest BCUT2D eigenvalue weighted by molar-refractivity contribution is -0.116. The van der Waals surface area contributed by atoms with E-state index in [-0.39, 0.29) is 30.3 Å². The van der Waals surface area contributed by atoms with Crippen molar-refractivity contribution in [1.29, 1.82) is 0 Å². The topological polar surface area (TPSA) is 119 Å². The highest BCUT2D eigenvalue weighted by molar-refractivity contribution is 5.97. The normalized spacial score (nSPS) is 10.6. The highest BCUT2D eigenvalue weighted by atomic mass is 16.2. The highest BCUT2D eigenvalue weighted by Crippen LogP contribution is 2.12. The summed E-state index contributed by atoms with van der Waals surface area (Å²) >= 11 is 0. The van der Waals surface area contributed by atoms with Gasteiger partial charge in [-0.3, -0.25) is 19.4 Å². The van der Waals surface area contributed by atoms with Crippen LogP contribution in [-0.4, -0.2) is 31.8 Å². The van der Waals surface area contributed by atoms with Crippen LogP contribution in [0.15, 0.2) is 77.7 Å². The molecule has 2 N–H and O–H groups in total. The third-order valence-corrected chi connectivity index (χ3v) is 4.74. The summed E-state index contributed by atoms with van der Waals surface area (Å²) in [7, 11) is 0. The average molecular weight is 428 g/mol. The lowest BCUT2D eigenvalue weighted by Crippen LogP contribution is -2.26. The molecule has 160 valence electrons. The maximum Gasteiger partial charge on any atom is 0.277 e. The van der Waals surface area contributed by atoms with Crippen LogP contribution in [0.25, 0.3) is 10.9 Å². The van der Waals surface area contributed by atoms with Crippen LogP contribution < -0.4 is 16.2 Å². The number of hydrogen-bond acceptors (Lipinski definition) is 6. The number of benzene rings is 2. The number of amides is 2. The van der Waals surface area contributed by atoms with Crippen LogP contribution in [0.4, 0.5) is 5.69 Å². The molecule has 32 heavy (non-hydrogen) atoms. The Kier molecular flexibility index (Phi) is 6.26. The number of fused-ring (bicyclic) bond motifs is 1. The Hall–Kier alpha value is -4.40. The van der Waals surface area contributed by atoms with Gasteiger partial charge in [0.25, 0.3) is 11.5 Å². The summed E-state index contributed by atoms with van der Waals surface area (Å²) < 4.78 is 1.17. The van der Waals surface area contributed by atoms with Gasteiger partial charge in [-0.05, 0) is 42.5 Å². The molecule has 0 atom stereocenters. The molecule has 4 rings (SSSR count). The molecule has 0 fully saturated rings. The van der Waals surface area contributed by atoms with Crippen LogP contribution in [0, 0.1) is 0 Å². The number of nitrogens with one attached hydrogen (secondary N) is 2. The lowest BCUT2D eigenvalue weighted by atomic mass is 10.2. The minimum atomic E-state index is -0.307. The third kappa shape index (κ3) is 5.01. The van der Waals surface area contributed by atoms with Gasteiger partial charge in [0.1, 0.15) is 5.52 Å². The largest absolute Gasteiger partial charge is 0.346 e. The number of hydrogen-bond donors (Lipinski definition) is 2. The van der Waals surface area contributed by atoms with Crippen LogP contribution in [0.3, 0.4) is 0 Å². The molecule has 0 aliphatic carbocycles. The van der Waals surface area contributed by atoms with E-state index in [1.807, 2.05) is 12.1 Å². The first-order valence-corrected chi connectivity index (χ1v) is 10.0. The molecule has 2 aromatic heterocycles. The fourth-order valence-electron chi connectivity index (χ4n) is 3.11. The molecule has 0 unspecified atom stereocenters. The van der Waals surface area contributed by atoms with Crippen LogP contribution in [0.5, 0.6) is 0 Å². The number of aromatic nitrogens is 4. The molecule has 0 spiro atoms. The zero-order valence-corrected chi connectivity index (χ0v) is 17.1. The number of anilines is 1. The summed E-state index contributed by atoms with van der Waals surface area (Å²) in [5.74, 6) is -0.581. The molecule has 2 amide bonds. The van der Waals surface area contributed by atoms with E-state index < -0.39 is 0 Å². The molecular weight excluding hydrogens is 408 g/mol. The Morgan fingerprint density at radius 1 is 0.969 bits per heavy atom. The minimum Gasteiger partial charge on any atom is -0.346 e. The number of rotatable bonds is 7.